The predicted octanol–water partition coefficient (Wildman–Crippen LogP) is 5.89. The van der Waals surface area contributed by atoms with Crippen molar-refractivity contribution in [3.63, 3.8) is 0 Å². The molecule has 1 aromatic carbocycles. The van der Waals surface area contributed by atoms with Gasteiger partial charge in [-0.05, 0) is 74.3 Å². The minimum atomic E-state index is -4.66. The summed E-state index contributed by atoms with van der Waals surface area (Å²) in [6.07, 6.45) is -3.32. The van der Waals surface area contributed by atoms with Crippen LogP contribution in [0.1, 0.15) is 71.9 Å². The van der Waals surface area contributed by atoms with Gasteiger partial charge in [-0.15, -0.1) is 0 Å². The van der Waals surface area contributed by atoms with Gasteiger partial charge in [-0.25, -0.2) is 22.2 Å². The van der Waals surface area contributed by atoms with Gasteiger partial charge < -0.3 is 5.32 Å². The predicted molar refractivity (Wildman–Crippen MR) is 122 cm³/mol. The zero-order valence-electron chi connectivity index (χ0n) is 19.6. The summed E-state index contributed by atoms with van der Waals surface area (Å²) in [6, 6.07) is 7.07. The molecular weight excluding hydrogens is 503 g/mol. The van der Waals surface area contributed by atoms with Crippen molar-refractivity contribution in [1.82, 2.24) is 10.3 Å². The molecule has 1 unspecified atom stereocenters. The van der Waals surface area contributed by atoms with Crippen LogP contribution in [-0.4, -0.2) is 31.0 Å². The Labute approximate surface area is 206 Å². The number of halogens is 5. The van der Waals surface area contributed by atoms with Gasteiger partial charge in [0, 0.05) is 12.8 Å². The number of rotatable bonds is 7. The molecule has 1 amide bonds. The van der Waals surface area contributed by atoms with Crippen molar-refractivity contribution in [3.8, 4) is 0 Å². The molecule has 0 bridgehead atoms. The highest BCUT2D eigenvalue weighted by molar-refractivity contribution is 7.91. The first-order valence-corrected chi connectivity index (χ1v) is 13.5. The van der Waals surface area contributed by atoms with Gasteiger partial charge in [-0.1, -0.05) is 12.1 Å². The van der Waals surface area contributed by atoms with Gasteiger partial charge in [-0.3, -0.25) is 4.79 Å². The van der Waals surface area contributed by atoms with Crippen LogP contribution in [0.25, 0.3) is 0 Å². The normalized spacial score (nSPS) is 19.6. The Morgan fingerprint density at radius 3 is 2.19 bits per heavy atom. The highest BCUT2D eigenvalue weighted by Crippen LogP contribution is 2.42. The van der Waals surface area contributed by atoms with E-state index in [1.165, 1.54) is 19.1 Å². The molecule has 1 N–H and O–H groups in total. The lowest BCUT2D eigenvalue weighted by Crippen LogP contribution is -2.37. The zero-order valence-corrected chi connectivity index (χ0v) is 20.4. The number of alkyl halides is 5. The number of carbonyl (C=O) groups excluding carboxylic acids is 1. The molecule has 0 radical (unpaired) electrons. The Morgan fingerprint density at radius 2 is 1.67 bits per heavy atom. The Kier molecular flexibility index (Phi) is 7.15. The highest BCUT2D eigenvalue weighted by Gasteiger charge is 2.39. The first-order chi connectivity index (χ1) is 16.7. The summed E-state index contributed by atoms with van der Waals surface area (Å²) < 4.78 is 91.7. The van der Waals surface area contributed by atoms with E-state index >= 15 is 0 Å². The van der Waals surface area contributed by atoms with Gasteiger partial charge in [0.2, 0.25) is 5.92 Å². The number of amides is 1. The molecule has 1 heterocycles. The molecule has 2 saturated carbocycles. The van der Waals surface area contributed by atoms with Crippen molar-refractivity contribution in [3.05, 3.63) is 58.9 Å². The molecule has 2 fully saturated rings. The third-order valence-corrected chi connectivity index (χ3v) is 8.79. The van der Waals surface area contributed by atoms with Gasteiger partial charge in [-0.2, -0.15) is 13.2 Å². The smallest absolute Gasteiger partial charge is 0.345 e. The fraction of sp³-hybridized carbons (Fsp3) is 0.520. The van der Waals surface area contributed by atoms with Crippen LogP contribution in [0.15, 0.2) is 41.3 Å². The lowest BCUT2D eigenvalue weighted by Gasteiger charge is -2.34. The minimum absolute atomic E-state index is 0.0576. The summed E-state index contributed by atoms with van der Waals surface area (Å²) >= 11 is 0. The third-order valence-electron chi connectivity index (χ3n) is 6.89. The number of aryl methyl sites for hydroxylation is 1. The van der Waals surface area contributed by atoms with Gasteiger partial charge >= 0.3 is 6.18 Å². The van der Waals surface area contributed by atoms with Crippen molar-refractivity contribution in [2.75, 3.05) is 5.75 Å². The maximum absolute atomic E-state index is 13.8. The Morgan fingerprint density at radius 1 is 1.06 bits per heavy atom. The lowest BCUT2D eigenvalue weighted by atomic mass is 9.79. The average molecular weight is 531 g/mol. The number of nitrogens with zero attached hydrogens (tertiary/aromatic N) is 1. The van der Waals surface area contributed by atoms with E-state index < -0.39 is 39.6 Å². The van der Waals surface area contributed by atoms with Crippen LogP contribution < -0.4 is 5.32 Å². The second-order valence-corrected chi connectivity index (χ2v) is 11.8. The van der Waals surface area contributed by atoms with Crippen LogP contribution in [0.2, 0.25) is 0 Å². The molecule has 11 heteroatoms. The van der Waals surface area contributed by atoms with E-state index in [9.17, 15) is 35.2 Å². The van der Waals surface area contributed by atoms with Crippen LogP contribution >= 0.6 is 0 Å². The van der Waals surface area contributed by atoms with Gasteiger partial charge in [0.15, 0.2) is 9.84 Å². The Bertz CT molecular complexity index is 1220. The summed E-state index contributed by atoms with van der Waals surface area (Å²) in [6.45, 7) is 1.29. The Hall–Kier alpha value is -2.56. The SMILES string of the molecule is Cc1nc(C(F)(F)F)ccc1C(=O)NC(c1ccc(S(=O)(=O)CC2CC2)cc1)C1CCC(F)(F)CC1. The fourth-order valence-corrected chi connectivity index (χ4v) is 6.32. The van der Waals surface area contributed by atoms with E-state index in [4.69, 9.17) is 0 Å². The molecule has 1 aromatic heterocycles. The molecule has 2 aliphatic rings. The summed E-state index contributed by atoms with van der Waals surface area (Å²) in [7, 11) is -3.45. The van der Waals surface area contributed by atoms with Crippen molar-refractivity contribution in [2.24, 2.45) is 11.8 Å². The number of hydrogen-bond donors (Lipinski definition) is 1. The molecule has 0 saturated heterocycles. The minimum Gasteiger partial charge on any atom is -0.345 e. The second-order valence-electron chi connectivity index (χ2n) is 9.77. The van der Waals surface area contributed by atoms with Crippen molar-refractivity contribution >= 4 is 15.7 Å². The van der Waals surface area contributed by atoms with E-state index in [0.29, 0.717) is 5.56 Å². The van der Waals surface area contributed by atoms with Crippen LogP contribution in [0.5, 0.6) is 0 Å². The first kappa shape index (κ1) is 26.5. The molecule has 196 valence electrons. The molecule has 1 atom stereocenters. The topological polar surface area (TPSA) is 76.1 Å². The van der Waals surface area contributed by atoms with E-state index in [1.807, 2.05) is 0 Å². The van der Waals surface area contributed by atoms with Crippen LogP contribution in [0.3, 0.4) is 0 Å². The van der Waals surface area contributed by atoms with Crippen LogP contribution in [-0.2, 0) is 16.0 Å². The molecule has 4 rings (SSSR count). The fourth-order valence-electron chi connectivity index (χ4n) is 4.62. The van der Waals surface area contributed by atoms with Gasteiger partial charge in [0.1, 0.15) is 5.69 Å². The van der Waals surface area contributed by atoms with Gasteiger partial charge in [0.25, 0.3) is 5.91 Å². The summed E-state index contributed by atoms with van der Waals surface area (Å²) in [5.74, 6) is -3.58. The highest BCUT2D eigenvalue weighted by atomic mass is 32.2. The van der Waals surface area contributed by atoms with E-state index in [-0.39, 0.29) is 59.4 Å². The Balaban J connectivity index is 1.59. The van der Waals surface area contributed by atoms with E-state index in [2.05, 4.69) is 10.3 Å². The third kappa shape index (κ3) is 6.22. The standard InChI is InChI=1S/C25H27F5N2O3S/c1-15-20(8-9-21(31-15)25(28,29)30)23(33)32-22(18-10-12-24(26,27)13-11-18)17-4-6-19(7-5-17)36(34,35)14-16-2-3-16/h4-9,16,18,22H,2-3,10-14H2,1H3,(H,32,33). The van der Waals surface area contributed by atoms with E-state index in [0.717, 1.165) is 25.0 Å². The monoisotopic (exact) mass is 530 g/mol. The van der Waals surface area contributed by atoms with Crippen LogP contribution in [0, 0.1) is 18.8 Å². The van der Waals surface area contributed by atoms with Crippen molar-refractivity contribution < 1.29 is 35.2 Å². The maximum atomic E-state index is 13.8. The average Bonchev–Trinajstić information content (AvgIpc) is 3.60. The van der Waals surface area contributed by atoms with Crippen LogP contribution in [0.4, 0.5) is 22.0 Å². The second kappa shape index (κ2) is 9.72. The number of pyridine rings is 1. The zero-order chi connectivity index (χ0) is 26.3. The summed E-state index contributed by atoms with van der Waals surface area (Å²) in [5, 5.41) is 2.79. The number of carbonyl (C=O) groups is 1. The molecule has 36 heavy (non-hydrogen) atoms. The number of aromatic nitrogens is 1. The number of sulfone groups is 1. The van der Waals surface area contributed by atoms with Crippen molar-refractivity contribution in [2.45, 2.75) is 68.5 Å². The molecule has 0 spiro atoms. The first-order valence-electron chi connectivity index (χ1n) is 11.8. The lowest BCUT2D eigenvalue weighted by molar-refractivity contribution is -0.141. The molecule has 2 aromatic rings. The van der Waals surface area contributed by atoms with Gasteiger partial charge in [0.05, 0.1) is 27.9 Å². The number of nitrogens with one attached hydrogen (secondary N) is 1. The maximum Gasteiger partial charge on any atom is 0.433 e. The molecular formula is C25H27F5N2O3S. The summed E-state index contributed by atoms with van der Waals surface area (Å²) in [4.78, 5) is 16.7. The summed E-state index contributed by atoms with van der Waals surface area (Å²) in [5.41, 5.74) is -0.748. The molecule has 0 aliphatic heterocycles. The largest absolute Gasteiger partial charge is 0.433 e. The number of benzene rings is 1. The van der Waals surface area contributed by atoms with E-state index in [1.54, 1.807) is 12.1 Å². The molecule has 5 nitrogen and oxygen atoms in total. The van der Waals surface area contributed by atoms with Crippen molar-refractivity contribution in [1.29, 1.82) is 0 Å². The molecule has 2 aliphatic carbocycles. The quantitative estimate of drug-likeness (QED) is 0.453. The number of hydrogen-bond acceptors (Lipinski definition) is 4.